The Balaban J connectivity index is 1.44. The normalized spacial score (nSPS) is 23.3. The molecule has 0 aromatic carbocycles. The van der Waals surface area contributed by atoms with Crippen molar-refractivity contribution in [3.8, 4) is 0 Å². The molecule has 1 aromatic rings. The van der Waals surface area contributed by atoms with Crippen molar-refractivity contribution in [3.63, 3.8) is 0 Å². The summed E-state index contributed by atoms with van der Waals surface area (Å²) in [6.45, 7) is 1.43. The van der Waals surface area contributed by atoms with Crippen molar-refractivity contribution in [3.05, 3.63) is 11.7 Å². The molecule has 0 radical (unpaired) electrons. The maximum Gasteiger partial charge on any atom is 0.227 e. The second-order valence-electron chi connectivity index (χ2n) is 5.66. The lowest BCUT2D eigenvalue weighted by atomic mass is 10.1. The molecule has 6 nitrogen and oxygen atoms in total. The Labute approximate surface area is 118 Å². The van der Waals surface area contributed by atoms with Gasteiger partial charge >= 0.3 is 0 Å². The van der Waals surface area contributed by atoms with Crippen LogP contribution in [-0.4, -0.2) is 35.3 Å². The molecular formula is C14H21N3O3. The number of amides is 1. The van der Waals surface area contributed by atoms with Gasteiger partial charge in [-0.2, -0.15) is 4.98 Å². The van der Waals surface area contributed by atoms with Crippen LogP contribution in [0.5, 0.6) is 0 Å². The van der Waals surface area contributed by atoms with E-state index in [4.69, 9.17) is 9.26 Å². The van der Waals surface area contributed by atoms with Gasteiger partial charge in [0.25, 0.3) is 0 Å². The molecule has 1 atom stereocenters. The van der Waals surface area contributed by atoms with E-state index >= 15 is 0 Å². The molecule has 110 valence electrons. The van der Waals surface area contributed by atoms with Crippen molar-refractivity contribution in [2.75, 3.05) is 13.2 Å². The summed E-state index contributed by atoms with van der Waals surface area (Å²) in [5, 5.41) is 7.04. The molecule has 0 spiro atoms. The van der Waals surface area contributed by atoms with Crippen LogP contribution in [0.4, 0.5) is 0 Å². The highest BCUT2D eigenvalue weighted by atomic mass is 16.5. The van der Waals surface area contributed by atoms with Crippen LogP contribution in [-0.2, 0) is 16.0 Å². The fourth-order valence-corrected chi connectivity index (χ4v) is 2.86. The van der Waals surface area contributed by atoms with E-state index in [-0.39, 0.29) is 11.8 Å². The first-order valence-electron chi connectivity index (χ1n) is 7.51. The number of aromatic nitrogens is 2. The minimum atomic E-state index is 0.0841. The first-order chi connectivity index (χ1) is 9.81. The Hall–Kier alpha value is -1.43. The van der Waals surface area contributed by atoms with Crippen LogP contribution in [0.15, 0.2) is 4.52 Å². The topological polar surface area (TPSA) is 77.2 Å². The minimum absolute atomic E-state index is 0.0841. The molecule has 1 amide bonds. The Kier molecular flexibility index (Phi) is 4.30. The lowest BCUT2D eigenvalue weighted by Crippen LogP contribution is -2.32. The zero-order valence-corrected chi connectivity index (χ0v) is 11.6. The van der Waals surface area contributed by atoms with Crippen LogP contribution < -0.4 is 5.32 Å². The van der Waals surface area contributed by atoms with Gasteiger partial charge in [-0.25, -0.2) is 0 Å². The lowest BCUT2D eigenvalue weighted by Gasteiger charge is -2.10. The van der Waals surface area contributed by atoms with E-state index in [2.05, 4.69) is 15.5 Å². The van der Waals surface area contributed by atoms with Crippen molar-refractivity contribution in [2.45, 2.75) is 56.9 Å². The predicted octanol–water partition coefficient (Wildman–Crippen LogP) is 1.56. The van der Waals surface area contributed by atoms with Crippen molar-refractivity contribution >= 4 is 5.91 Å². The molecule has 1 unspecified atom stereocenters. The van der Waals surface area contributed by atoms with Crippen LogP contribution in [0.3, 0.4) is 0 Å². The smallest absolute Gasteiger partial charge is 0.227 e. The summed E-state index contributed by atoms with van der Waals surface area (Å²) in [5.41, 5.74) is 0. The van der Waals surface area contributed by atoms with E-state index in [1.165, 1.54) is 12.8 Å². The van der Waals surface area contributed by atoms with Crippen LogP contribution in [0.2, 0.25) is 0 Å². The molecule has 2 heterocycles. The van der Waals surface area contributed by atoms with E-state index in [0.29, 0.717) is 37.2 Å². The second kappa shape index (κ2) is 6.35. The largest absolute Gasteiger partial charge is 0.381 e. The Morgan fingerprint density at radius 1 is 1.30 bits per heavy atom. The van der Waals surface area contributed by atoms with Crippen LogP contribution in [0.25, 0.3) is 0 Å². The van der Waals surface area contributed by atoms with E-state index in [9.17, 15) is 4.79 Å². The molecule has 0 bridgehead atoms. The maximum absolute atomic E-state index is 11.8. The number of hydrogen-bond acceptors (Lipinski definition) is 5. The summed E-state index contributed by atoms with van der Waals surface area (Å²) in [4.78, 5) is 16.2. The number of rotatable bonds is 5. The quantitative estimate of drug-likeness (QED) is 0.885. The van der Waals surface area contributed by atoms with Gasteiger partial charge in [-0.1, -0.05) is 18.0 Å². The molecule has 1 saturated carbocycles. The number of carbonyl (C=O) groups excluding carboxylic acids is 1. The van der Waals surface area contributed by atoms with Gasteiger partial charge in [0.2, 0.25) is 11.8 Å². The Bertz CT molecular complexity index is 448. The monoisotopic (exact) mass is 279 g/mol. The maximum atomic E-state index is 11.8. The van der Waals surface area contributed by atoms with E-state index < -0.39 is 0 Å². The summed E-state index contributed by atoms with van der Waals surface area (Å²) >= 11 is 0. The standard InChI is InChI=1S/C14H21N3O3/c18-12(15-11-3-1-2-4-11)5-6-13-16-14(17-20-13)10-7-8-19-9-10/h10-11H,1-9H2,(H,15,18). The average Bonchev–Trinajstić information content (AvgIpc) is 3.18. The predicted molar refractivity (Wildman–Crippen MR) is 71.2 cm³/mol. The summed E-state index contributed by atoms with van der Waals surface area (Å²) in [6, 6.07) is 0.372. The number of nitrogens with one attached hydrogen (secondary N) is 1. The molecule has 1 N–H and O–H groups in total. The molecular weight excluding hydrogens is 258 g/mol. The third-order valence-corrected chi connectivity index (χ3v) is 4.06. The Morgan fingerprint density at radius 3 is 2.90 bits per heavy atom. The first-order valence-corrected chi connectivity index (χ1v) is 7.51. The number of aryl methyl sites for hydroxylation is 1. The van der Waals surface area contributed by atoms with Crippen LogP contribution >= 0.6 is 0 Å². The summed E-state index contributed by atoms with van der Waals surface area (Å²) < 4.78 is 10.5. The zero-order chi connectivity index (χ0) is 13.8. The highest BCUT2D eigenvalue weighted by Gasteiger charge is 2.23. The first kappa shape index (κ1) is 13.5. The number of nitrogens with zero attached hydrogens (tertiary/aromatic N) is 2. The van der Waals surface area contributed by atoms with E-state index in [0.717, 1.165) is 25.9 Å². The summed E-state index contributed by atoms with van der Waals surface area (Å²) in [6.07, 6.45) is 6.54. The molecule has 1 aromatic heterocycles. The SMILES string of the molecule is O=C(CCc1nc(C2CCOC2)no1)NC1CCCC1. The van der Waals surface area contributed by atoms with Crippen molar-refractivity contribution in [1.82, 2.24) is 15.5 Å². The van der Waals surface area contributed by atoms with Crippen molar-refractivity contribution < 1.29 is 14.1 Å². The van der Waals surface area contributed by atoms with Gasteiger partial charge in [-0.05, 0) is 19.3 Å². The van der Waals surface area contributed by atoms with Crippen molar-refractivity contribution in [1.29, 1.82) is 0 Å². The third-order valence-electron chi connectivity index (χ3n) is 4.06. The van der Waals surface area contributed by atoms with Gasteiger partial charge in [0, 0.05) is 31.4 Å². The van der Waals surface area contributed by atoms with Gasteiger partial charge in [0.15, 0.2) is 5.82 Å². The lowest BCUT2D eigenvalue weighted by molar-refractivity contribution is -0.121. The number of ether oxygens (including phenoxy) is 1. The van der Waals surface area contributed by atoms with Gasteiger partial charge < -0.3 is 14.6 Å². The summed E-state index contributed by atoms with van der Waals surface area (Å²) in [5.74, 6) is 1.60. The fourth-order valence-electron chi connectivity index (χ4n) is 2.86. The van der Waals surface area contributed by atoms with Gasteiger partial charge in [0.05, 0.1) is 6.61 Å². The number of hydrogen-bond donors (Lipinski definition) is 1. The van der Waals surface area contributed by atoms with Gasteiger partial charge in [0.1, 0.15) is 0 Å². The molecule has 2 aliphatic rings. The minimum Gasteiger partial charge on any atom is -0.381 e. The average molecular weight is 279 g/mol. The Morgan fingerprint density at radius 2 is 2.15 bits per heavy atom. The zero-order valence-electron chi connectivity index (χ0n) is 11.6. The van der Waals surface area contributed by atoms with Crippen LogP contribution in [0, 0.1) is 0 Å². The van der Waals surface area contributed by atoms with Crippen LogP contribution in [0.1, 0.15) is 56.2 Å². The summed E-state index contributed by atoms with van der Waals surface area (Å²) in [7, 11) is 0. The molecule has 6 heteroatoms. The second-order valence-corrected chi connectivity index (χ2v) is 5.66. The van der Waals surface area contributed by atoms with Crippen molar-refractivity contribution in [2.24, 2.45) is 0 Å². The molecule has 20 heavy (non-hydrogen) atoms. The molecule has 3 rings (SSSR count). The van der Waals surface area contributed by atoms with Gasteiger partial charge in [-0.3, -0.25) is 4.79 Å². The molecule has 1 saturated heterocycles. The van der Waals surface area contributed by atoms with E-state index in [1.54, 1.807) is 0 Å². The van der Waals surface area contributed by atoms with E-state index in [1.807, 2.05) is 0 Å². The molecule has 2 fully saturated rings. The van der Waals surface area contributed by atoms with Gasteiger partial charge in [-0.15, -0.1) is 0 Å². The third kappa shape index (κ3) is 3.36. The fraction of sp³-hybridized carbons (Fsp3) is 0.786. The highest BCUT2D eigenvalue weighted by Crippen LogP contribution is 2.22. The molecule has 1 aliphatic carbocycles. The number of carbonyl (C=O) groups is 1. The molecule has 1 aliphatic heterocycles. The highest BCUT2D eigenvalue weighted by molar-refractivity contribution is 5.76.